The molecule has 3 aromatic carbocycles. The number of methoxy groups -OCH3 is 1. The standard InChI is InChI=1S/C37H36Cl2FN5O3S/c1-20-32-30-12-11-27(38)34(32)33-21(2)43(3)42-29(33)19-49-18-23-17-24(44(4)41-23)8-7-22-15-26-25(9-10-28(39)35(26)40)31(16-22)48-14-6-13-45(30)36(20)37(46)47-5/h9-12,15-17H,6-8,13-14,18-19H2,1-5H3. The molecule has 3 aromatic heterocycles. The van der Waals surface area contributed by atoms with Gasteiger partial charge in [-0.3, -0.25) is 9.36 Å². The van der Waals surface area contributed by atoms with E-state index in [4.69, 9.17) is 42.9 Å². The van der Waals surface area contributed by atoms with Crippen molar-refractivity contribution in [3.63, 3.8) is 0 Å². The van der Waals surface area contributed by atoms with Gasteiger partial charge in [0.1, 0.15) is 17.3 Å². The van der Waals surface area contributed by atoms with Crippen LogP contribution >= 0.6 is 35.0 Å². The topological polar surface area (TPSA) is 76.1 Å². The first-order valence-corrected chi connectivity index (χ1v) is 18.0. The highest BCUT2D eigenvalue weighted by atomic mass is 35.5. The molecule has 254 valence electrons. The summed E-state index contributed by atoms with van der Waals surface area (Å²) in [4.78, 5) is 13.3. The van der Waals surface area contributed by atoms with Gasteiger partial charge < -0.3 is 14.0 Å². The number of benzene rings is 3. The molecule has 0 aliphatic carbocycles. The van der Waals surface area contributed by atoms with Crippen molar-refractivity contribution in [2.45, 2.75) is 51.2 Å². The van der Waals surface area contributed by atoms with Crippen LogP contribution in [0.15, 0.2) is 42.5 Å². The van der Waals surface area contributed by atoms with Crippen molar-refractivity contribution < 1.29 is 18.7 Å². The van der Waals surface area contributed by atoms with E-state index in [-0.39, 0.29) is 5.02 Å². The summed E-state index contributed by atoms with van der Waals surface area (Å²) in [6, 6.07) is 13.2. The van der Waals surface area contributed by atoms with Crippen LogP contribution in [-0.2, 0) is 49.7 Å². The fourth-order valence-electron chi connectivity index (χ4n) is 7.02. The maximum atomic E-state index is 15.3. The Morgan fingerprint density at radius 1 is 0.959 bits per heavy atom. The van der Waals surface area contributed by atoms with E-state index in [1.807, 2.05) is 66.1 Å². The van der Waals surface area contributed by atoms with Gasteiger partial charge >= 0.3 is 5.97 Å². The first-order chi connectivity index (χ1) is 23.6. The first kappa shape index (κ1) is 33.5. The van der Waals surface area contributed by atoms with Crippen molar-refractivity contribution >= 4 is 62.6 Å². The second-order valence-electron chi connectivity index (χ2n) is 12.5. The van der Waals surface area contributed by atoms with Crippen LogP contribution in [0.2, 0.25) is 10.0 Å². The lowest BCUT2D eigenvalue weighted by molar-refractivity contribution is 0.0587. The van der Waals surface area contributed by atoms with Gasteiger partial charge in [0.05, 0.1) is 30.1 Å². The summed E-state index contributed by atoms with van der Waals surface area (Å²) >= 11 is 15.0. The lowest BCUT2D eigenvalue weighted by Gasteiger charge is -2.15. The summed E-state index contributed by atoms with van der Waals surface area (Å²) in [7, 11) is 5.29. The number of halogens is 3. The number of hydrogen-bond donors (Lipinski definition) is 0. The number of ether oxygens (including phenoxy) is 2. The molecule has 6 aromatic rings. The second-order valence-corrected chi connectivity index (χ2v) is 14.3. The van der Waals surface area contributed by atoms with E-state index in [1.54, 1.807) is 23.9 Å². The predicted molar refractivity (Wildman–Crippen MR) is 195 cm³/mol. The Morgan fingerprint density at radius 3 is 2.55 bits per heavy atom. The molecular formula is C37H36Cl2FN5O3S. The number of esters is 1. The van der Waals surface area contributed by atoms with Crippen LogP contribution in [0.3, 0.4) is 0 Å². The predicted octanol–water partition coefficient (Wildman–Crippen LogP) is 8.78. The van der Waals surface area contributed by atoms with Gasteiger partial charge in [0.15, 0.2) is 0 Å². The van der Waals surface area contributed by atoms with Crippen molar-refractivity contribution in [3.8, 4) is 16.9 Å². The van der Waals surface area contributed by atoms with Crippen molar-refractivity contribution in [3.05, 3.63) is 97.9 Å². The molecule has 12 heteroatoms. The summed E-state index contributed by atoms with van der Waals surface area (Å²) in [5, 5.41) is 12.3. The number of fused-ring (bicyclic) bond motifs is 8. The largest absolute Gasteiger partial charge is 0.493 e. The smallest absolute Gasteiger partial charge is 0.354 e. The molecule has 0 N–H and O–H groups in total. The van der Waals surface area contributed by atoms with Crippen molar-refractivity contribution in [1.29, 1.82) is 0 Å². The lowest BCUT2D eigenvalue weighted by Crippen LogP contribution is -2.13. The van der Waals surface area contributed by atoms with Crippen LogP contribution in [0.25, 0.3) is 32.8 Å². The van der Waals surface area contributed by atoms with Crippen molar-refractivity contribution in [2.24, 2.45) is 14.1 Å². The molecule has 1 aliphatic rings. The van der Waals surface area contributed by atoms with Gasteiger partial charge in [-0.15, -0.1) is 11.8 Å². The van der Waals surface area contributed by atoms with Crippen LogP contribution in [0, 0.1) is 19.7 Å². The van der Waals surface area contributed by atoms with Gasteiger partial charge in [-0.2, -0.15) is 10.2 Å². The summed E-state index contributed by atoms with van der Waals surface area (Å²) in [5.74, 6) is 1.04. The number of carbonyl (C=O) groups is 1. The third-order valence-electron chi connectivity index (χ3n) is 9.47. The molecule has 0 radical (unpaired) electrons. The van der Waals surface area contributed by atoms with E-state index in [1.165, 1.54) is 7.11 Å². The van der Waals surface area contributed by atoms with Crippen LogP contribution in [0.4, 0.5) is 4.39 Å². The molecule has 0 spiro atoms. The molecule has 0 fully saturated rings. The monoisotopic (exact) mass is 719 g/mol. The Balaban J connectivity index is 1.37. The van der Waals surface area contributed by atoms with Crippen LogP contribution in [0.1, 0.15) is 50.8 Å². The maximum Gasteiger partial charge on any atom is 0.354 e. The summed E-state index contributed by atoms with van der Waals surface area (Å²) in [5.41, 5.74) is 8.85. The quantitative estimate of drug-likeness (QED) is 0.158. The number of rotatable bonds is 1. The Labute approximate surface area is 298 Å². The Kier molecular flexibility index (Phi) is 9.15. The number of nitrogens with zero attached hydrogens (tertiary/aromatic N) is 5. The van der Waals surface area contributed by atoms with Gasteiger partial charge in [-0.1, -0.05) is 23.2 Å². The Morgan fingerprint density at radius 2 is 1.76 bits per heavy atom. The highest BCUT2D eigenvalue weighted by molar-refractivity contribution is 7.97. The minimum Gasteiger partial charge on any atom is -0.493 e. The molecule has 1 aliphatic heterocycles. The lowest BCUT2D eigenvalue weighted by atomic mass is 9.97. The van der Waals surface area contributed by atoms with E-state index in [0.29, 0.717) is 64.7 Å². The molecular weight excluding hydrogens is 684 g/mol. The molecule has 49 heavy (non-hydrogen) atoms. The second kappa shape index (κ2) is 13.4. The highest BCUT2D eigenvalue weighted by Crippen LogP contribution is 2.43. The normalized spacial score (nSPS) is 14.1. The van der Waals surface area contributed by atoms with Gasteiger partial charge in [0, 0.05) is 81.4 Å². The zero-order valence-corrected chi connectivity index (χ0v) is 30.3. The number of aromatic nitrogens is 5. The zero-order valence-electron chi connectivity index (χ0n) is 28.0. The highest BCUT2D eigenvalue weighted by Gasteiger charge is 2.27. The van der Waals surface area contributed by atoms with Crippen molar-refractivity contribution in [1.82, 2.24) is 24.1 Å². The van der Waals surface area contributed by atoms with Gasteiger partial charge in [0.2, 0.25) is 0 Å². The fraction of sp³-hybridized carbons (Fsp3) is 0.324. The SMILES string of the molecule is COC(=O)c1c(C)c2c3c(Cl)ccc2n1CCCOc1cc(cc2c(F)c(Cl)ccc12)CCc1cc(nn1C)CSCc1nn(C)c(C)c1-3. The van der Waals surface area contributed by atoms with E-state index < -0.39 is 11.8 Å². The average Bonchev–Trinajstić information content (AvgIpc) is 3.68. The van der Waals surface area contributed by atoms with E-state index in [0.717, 1.165) is 62.4 Å². The molecule has 8 nitrogen and oxygen atoms in total. The van der Waals surface area contributed by atoms with Crippen LogP contribution in [0.5, 0.6) is 5.75 Å². The third-order valence-corrected chi connectivity index (χ3v) is 11.1. The molecule has 0 atom stereocenters. The van der Waals surface area contributed by atoms with Gasteiger partial charge in [0.25, 0.3) is 0 Å². The summed E-state index contributed by atoms with van der Waals surface area (Å²) in [6.45, 7) is 4.79. The number of thioether (sulfide) groups is 1. The Hall–Kier alpha value is -3.99. The molecule has 4 heterocycles. The minimum atomic E-state index is -0.464. The van der Waals surface area contributed by atoms with Gasteiger partial charge in [-0.05, 0) is 86.7 Å². The average molecular weight is 721 g/mol. The van der Waals surface area contributed by atoms with E-state index >= 15 is 4.39 Å². The third kappa shape index (κ3) is 5.98. The van der Waals surface area contributed by atoms with E-state index in [9.17, 15) is 4.79 Å². The molecule has 0 saturated carbocycles. The van der Waals surface area contributed by atoms with E-state index in [2.05, 4.69) is 6.07 Å². The maximum absolute atomic E-state index is 15.3. The van der Waals surface area contributed by atoms with Crippen LogP contribution < -0.4 is 4.74 Å². The molecule has 7 rings (SSSR count). The molecule has 0 amide bonds. The number of carbonyl (C=O) groups excluding carboxylic acids is 1. The Bertz CT molecular complexity index is 2270. The summed E-state index contributed by atoms with van der Waals surface area (Å²) < 4.78 is 32.8. The van der Waals surface area contributed by atoms with Gasteiger partial charge in [-0.25, -0.2) is 9.18 Å². The summed E-state index contributed by atoms with van der Waals surface area (Å²) in [6.07, 6.45) is 1.96. The number of hydrogen-bond acceptors (Lipinski definition) is 6. The number of aryl methyl sites for hydroxylation is 6. The van der Waals surface area contributed by atoms with Crippen LogP contribution in [-0.4, -0.2) is 43.8 Å². The van der Waals surface area contributed by atoms with Crippen molar-refractivity contribution in [2.75, 3.05) is 13.7 Å². The molecule has 0 saturated heterocycles. The fourth-order valence-corrected chi connectivity index (χ4v) is 8.28. The zero-order chi connectivity index (χ0) is 34.6. The first-order valence-electron chi connectivity index (χ1n) is 16.1. The molecule has 8 bridgehead atoms. The molecule has 0 unspecified atom stereocenters. The minimum absolute atomic E-state index is 0.0686.